The summed E-state index contributed by atoms with van der Waals surface area (Å²) in [5, 5.41) is 7.41. The highest BCUT2D eigenvalue weighted by molar-refractivity contribution is 5.87. The topological polar surface area (TPSA) is 58.1 Å². The van der Waals surface area contributed by atoms with Crippen LogP contribution in [0.1, 0.15) is 24.2 Å². The minimum Gasteiger partial charge on any atom is -0.278 e. The molecule has 0 atom stereocenters. The van der Waals surface area contributed by atoms with Crippen LogP contribution in [0.3, 0.4) is 0 Å². The zero-order chi connectivity index (χ0) is 15.0. The molecule has 1 aromatic heterocycles. The molecule has 110 valence electrons. The molecule has 0 saturated heterocycles. The first-order chi connectivity index (χ1) is 9.22. The molecule has 0 unspecified atom stereocenters. The molecule has 1 heterocycles. The van der Waals surface area contributed by atoms with Gasteiger partial charge in [-0.25, -0.2) is 9.82 Å². The summed E-state index contributed by atoms with van der Waals surface area (Å²) in [7, 11) is 1.35. The van der Waals surface area contributed by atoms with E-state index in [0.717, 1.165) is 17.1 Å². The van der Waals surface area contributed by atoms with Crippen LogP contribution in [0.4, 0.5) is 17.6 Å². The number of alkyl halides is 4. The van der Waals surface area contributed by atoms with Crippen molar-refractivity contribution in [3.63, 3.8) is 0 Å². The maximum absolute atomic E-state index is 13.5. The number of hydrogen-bond donors (Lipinski definition) is 1. The van der Waals surface area contributed by atoms with Gasteiger partial charge >= 0.3 is 6.18 Å². The number of hydrazine groups is 1. The van der Waals surface area contributed by atoms with Crippen LogP contribution in [0.15, 0.2) is 12.1 Å². The van der Waals surface area contributed by atoms with Crippen molar-refractivity contribution in [2.75, 3.05) is 7.05 Å². The van der Waals surface area contributed by atoms with E-state index in [1.165, 1.54) is 7.05 Å². The Morgan fingerprint density at radius 2 is 2.05 bits per heavy atom. The van der Waals surface area contributed by atoms with E-state index in [2.05, 4.69) is 15.6 Å². The van der Waals surface area contributed by atoms with Gasteiger partial charge in [0.2, 0.25) is 0 Å². The Bertz CT molecular complexity index is 498. The van der Waals surface area contributed by atoms with Crippen molar-refractivity contribution < 1.29 is 22.4 Å². The second-order valence-corrected chi connectivity index (χ2v) is 4.57. The maximum Gasteiger partial charge on any atom is 0.435 e. The number of carbonyl (C=O) groups is 1. The van der Waals surface area contributed by atoms with E-state index in [9.17, 15) is 22.4 Å². The summed E-state index contributed by atoms with van der Waals surface area (Å²) >= 11 is 0. The lowest BCUT2D eigenvalue weighted by molar-refractivity contribution is -0.141. The third kappa shape index (κ3) is 3.21. The third-order valence-electron chi connectivity index (χ3n) is 2.88. The van der Waals surface area contributed by atoms with Crippen molar-refractivity contribution in [3.05, 3.63) is 23.5 Å². The average molecular weight is 292 g/mol. The molecule has 1 amide bonds. The smallest absolute Gasteiger partial charge is 0.278 e. The van der Waals surface area contributed by atoms with E-state index < -0.39 is 23.4 Å². The summed E-state index contributed by atoms with van der Waals surface area (Å²) in [6.07, 6.45) is -4.16. The molecule has 1 aromatic rings. The highest BCUT2D eigenvalue weighted by atomic mass is 19.4. The number of halogens is 4. The van der Waals surface area contributed by atoms with Gasteiger partial charge in [-0.05, 0) is 25.0 Å². The molecule has 0 aliphatic heterocycles. The summed E-state index contributed by atoms with van der Waals surface area (Å²) in [6.45, 7) is -0.0243. The van der Waals surface area contributed by atoms with Crippen LogP contribution in [0.2, 0.25) is 0 Å². The number of carbonyl (C=O) groups excluding carboxylic acids is 1. The second-order valence-electron chi connectivity index (χ2n) is 4.57. The minimum absolute atomic E-state index is 0.0243. The highest BCUT2D eigenvalue weighted by Gasteiger charge is 2.52. The minimum atomic E-state index is -4.54. The quantitative estimate of drug-likeness (QED) is 0.674. The van der Waals surface area contributed by atoms with Gasteiger partial charge in [-0.15, -0.1) is 5.10 Å². The van der Waals surface area contributed by atoms with Gasteiger partial charge in [-0.3, -0.25) is 9.80 Å². The maximum atomic E-state index is 13.5. The van der Waals surface area contributed by atoms with E-state index in [-0.39, 0.29) is 25.1 Å². The zero-order valence-corrected chi connectivity index (χ0v) is 10.5. The number of rotatable bonds is 4. The standard InChI is InChI=1S/C11H12F4N4O/c1-19(9(20)10(12)4-5-10)16-6-7-2-3-8(18-17-7)11(13,14)15/h2-3,16H,4-6H2,1H3. The van der Waals surface area contributed by atoms with Crippen LogP contribution >= 0.6 is 0 Å². The van der Waals surface area contributed by atoms with Crippen LogP contribution in [-0.4, -0.2) is 33.8 Å². The molecular weight excluding hydrogens is 280 g/mol. The van der Waals surface area contributed by atoms with Gasteiger partial charge in [0, 0.05) is 7.05 Å². The monoisotopic (exact) mass is 292 g/mol. The van der Waals surface area contributed by atoms with E-state index in [1.807, 2.05) is 0 Å². The lowest BCUT2D eigenvalue weighted by Crippen LogP contribution is -2.44. The predicted octanol–water partition coefficient (Wildman–Crippen LogP) is 1.46. The van der Waals surface area contributed by atoms with Crippen molar-refractivity contribution in [2.45, 2.75) is 31.2 Å². The Labute approximate surface area is 111 Å². The Balaban J connectivity index is 1.89. The first-order valence-corrected chi connectivity index (χ1v) is 5.83. The van der Waals surface area contributed by atoms with Crippen molar-refractivity contribution in [3.8, 4) is 0 Å². The zero-order valence-electron chi connectivity index (χ0n) is 10.5. The number of amides is 1. The third-order valence-corrected chi connectivity index (χ3v) is 2.88. The second kappa shape index (κ2) is 4.97. The molecule has 1 aliphatic carbocycles. The summed E-state index contributed by atoms with van der Waals surface area (Å²) in [4.78, 5) is 11.5. The normalized spacial score (nSPS) is 16.9. The molecule has 0 bridgehead atoms. The summed E-state index contributed by atoms with van der Waals surface area (Å²) in [5.74, 6) is -0.697. The van der Waals surface area contributed by atoms with Crippen LogP contribution in [0.5, 0.6) is 0 Å². The molecule has 0 radical (unpaired) electrons. The van der Waals surface area contributed by atoms with Gasteiger partial charge < -0.3 is 0 Å². The van der Waals surface area contributed by atoms with Crippen LogP contribution < -0.4 is 5.43 Å². The van der Waals surface area contributed by atoms with Crippen molar-refractivity contribution in [1.82, 2.24) is 20.6 Å². The van der Waals surface area contributed by atoms with Crippen molar-refractivity contribution in [1.29, 1.82) is 0 Å². The summed E-state index contributed by atoms with van der Waals surface area (Å²) < 4.78 is 50.3. The van der Waals surface area contributed by atoms with Crippen molar-refractivity contribution >= 4 is 5.91 Å². The largest absolute Gasteiger partial charge is 0.435 e. The van der Waals surface area contributed by atoms with E-state index in [1.54, 1.807) is 0 Å². The predicted molar refractivity (Wildman–Crippen MR) is 59.7 cm³/mol. The van der Waals surface area contributed by atoms with Crippen molar-refractivity contribution in [2.24, 2.45) is 0 Å². The fourth-order valence-electron chi connectivity index (χ4n) is 1.50. The van der Waals surface area contributed by atoms with E-state index >= 15 is 0 Å². The number of hydrogen-bond acceptors (Lipinski definition) is 4. The van der Waals surface area contributed by atoms with Gasteiger partial charge in [0.05, 0.1) is 12.2 Å². The van der Waals surface area contributed by atoms with E-state index in [4.69, 9.17) is 0 Å². The fraction of sp³-hybridized carbons (Fsp3) is 0.545. The van der Waals surface area contributed by atoms with Crippen LogP contribution in [0, 0.1) is 0 Å². The molecule has 5 nitrogen and oxygen atoms in total. The molecule has 1 N–H and O–H groups in total. The molecule has 1 aliphatic rings. The van der Waals surface area contributed by atoms with Gasteiger partial charge in [-0.1, -0.05) is 0 Å². The summed E-state index contributed by atoms with van der Waals surface area (Å²) in [5.41, 5.74) is -0.116. The Morgan fingerprint density at radius 3 is 2.50 bits per heavy atom. The Morgan fingerprint density at radius 1 is 1.40 bits per heavy atom. The van der Waals surface area contributed by atoms with Crippen LogP contribution in [0.25, 0.3) is 0 Å². The molecule has 2 rings (SSSR count). The van der Waals surface area contributed by atoms with Gasteiger partial charge in [0.25, 0.3) is 5.91 Å². The first-order valence-electron chi connectivity index (χ1n) is 5.83. The molecule has 1 saturated carbocycles. The first kappa shape index (κ1) is 14.6. The SMILES string of the molecule is CN(NCc1ccc(C(F)(F)F)nn1)C(=O)C1(F)CC1. The average Bonchev–Trinajstić information content (AvgIpc) is 3.14. The van der Waals surface area contributed by atoms with Gasteiger partial charge in [0.15, 0.2) is 11.4 Å². The highest BCUT2D eigenvalue weighted by Crippen LogP contribution is 2.40. The molecule has 20 heavy (non-hydrogen) atoms. The lowest BCUT2D eigenvalue weighted by Gasteiger charge is -2.19. The lowest BCUT2D eigenvalue weighted by atomic mass is 10.3. The van der Waals surface area contributed by atoms with E-state index in [0.29, 0.717) is 0 Å². The fourth-order valence-corrected chi connectivity index (χ4v) is 1.50. The van der Waals surface area contributed by atoms with Gasteiger partial charge in [0.1, 0.15) is 0 Å². The summed E-state index contributed by atoms with van der Waals surface area (Å²) in [6, 6.07) is 1.94. The molecule has 0 spiro atoms. The Kier molecular flexibility index (Phi) is 3.63. The molecule has 9 heteroatoms. The number of nitrogens with one attached hydrogen (secondary N) is 1. The molecule has 0 aromatic carbocycles. The number of aromatic nitrogens is 2. The van der Waals surface area contributed by atoms with Crippen LogP contribution in [-0.2, 0) is 17.5 Å². The number of nitrogens with zero attached hydrogens (tertiary/aromatic N) is 3. The molecular formula is C11H12F4N4O. The van der Waals surface area contributed by atoms with Gasteiger partial charge in [-0.2, -0.15) is 18.3 Å². The Hall–Kier alpha value is -1.77. The molecule has 1 fully saturated rings.